The molecule has 1 unspecified atom stereocenters. The van der Waals surface area contributed by atoms with Crippen molar-refractivity contribution in [1.82, 2.24) is 20.1 Å². The van der Waals surface area contributed by atoms with Gasteiger partial charge in [-0.1, -0.05) is 187 Å². The van der Waals surface area contributed by atoms with Crippen molar-refractivity contribution in [2.75, 3.05) is 30.8 Å². The van der Waals surface area contributed by atoms with Gasteiger partial charge in [0.1, 0.15) is 35.0 Å². The summed E-state index contributed by atoms with van der Waals surface area (Å²) in [5.74, 6) is -2.59. The number of oxime groups is 1. The number of aromatic nitrogens is 1. The zero-order chi connectivity index (χ0) is 48.8. The third-order valence-corrected chi connectivity index (χ3v) is 15.1. The van der Waals surface area contributed by atoms with Gasteiger partial charge in [-0.15, -0.1) is 23.1 Å². The fraction of sp³-hybridized carbons (Fsp3) is 0.179. The molecule has 0 radical (unpaired) electrons. The molecule has 7 aromatic rings. The second-order valence-electron chi connectivity index (χ2n) is 17.2. The molecule has 3 aliphatic heterocycles. The van der Waals surface area contributed by atoms with Crippen molar-refractivity contribution in [3.8, 4) is 0 Å². The van der Waals surface area contributed by atoms with Crippen molar-refractivity contribution in [2.45, 2.75) is 35.4 Å². The highest BCUT2D eigenvalue weighted by Crippen LogP contribution is 2.44. The number of hydrogen-bond donors (Lipinski definition) is 3. The van der Waals surface area contributed by atoms with Crippen LogP contribution < -0.4 is 10.6 Å². The number of rotatable bonds is 16. The number of carbonyl (C=O) groups is 4. The van der Waals surface area contributed by atoms with E-state index >= 15 is 4.79 Å². The molecule has 1 aromatic heterocycles. The predicted molar refractivity (Wildman–Crippen MR) is 274 cm³/mol. The van der Waals surface area contributed by atoms with Crippen molar-refractivity contribution < 1.29 is 33.9 Å². The SMILES string of the molecule is O=C(O)C1=C(COC(=O)N2CCCC2)CS[C@@H]2C(NC(=O)/C(=N\OC(c3ccccc3)(c3ccccc3)c3ccccc3)c3csc(NC(c4ccccc4)(c4ccccc4)c4ccccc4)n3)C(=O)N12. The number of fused-ring (bicyclic) bond motifs is 1. The van der Waals surface area contributed by atoms with E-state index in [0.717, 1.165) is 51.1 Å². The maximum atomic E-state index is 15.1. The summed E-state index contributed by atoms with van der Waals surface area (Å²) in [7, 11) is 0. The Bertz CT molecular complexity index is 2890. The molecule has 4 heterocycles. The predicted octanol–water partition coefficient (Wildman–Crippen LogP) is 9.23. The number of aliphatic carboxylic acids is 1. The van der Waals surface area contributed by atoms with Gasteiger partial charge in [0, 0.05) is 46.5 Å². The van der Waals surface area contributed by atoms with Crippen LogP contribution >= 0.6 is 23.1 Å². The summed E-state index contributed by atoms with van der Waals surface area (Å²) in [5.41, 5.74) is 2.69. The first-order valence-electron chi connectivity index (χ1n) is 23.2. The van der Waals surface area contributed by atoms with Crippen LogP contribution in [0.5, 0.6) is 0 Å². The molecule has 0 spiro atoms. The van der Waals surface area contributed by atoms with Gasteiger partial charge in [-0.3, -0.25) is 14.5 Å². The smallest absolute Gasteiger partial charge is 0.410 e. The average molecular weight is 981 g/mol. The van der Waals surface area contributed by atoms with E-state index in [2.05, 4.69) is 47.0 Å². The van der Waals surface area contributed by atoms with E-state index in [-0.39, 0.29) is 29.5 Å². The number of hydrogen-bond acceptors (Lipinski definition) is 11. The third kappa shape index (κ3) is 9.05. The van der Waals surface area contributed by atoms with E-state index < -0.39 is 46.4 Å². The molecular weight excluding hydrogens is 933 g/mol. The quantitative estimate of drug-likeness (QED) is 0.0368. The molecule has 2 atom stereocenters. The zero-order valence-corrected chi connectivity index (χ0v) is 39.9. The minimum Gasteiger partial charge on any atom is -0.477 e. The number of benzene rings is 6. The Balaban J connectivity index is 1.04. The van der Waals surface area contributed by atoms with Crippen molar-refractivity contribution in [3.63, 3.8) is 0 Å². The van der Waals surface area contributed by atoms with Crippen molar-refractivity contribution >= 4 is 57.8 Å². The molecule has 13 nitrogen and oxygen atoms in total. The van der Waals surface area contributed by atoms with Gasteiger partial charge in [0.15, 0.2) is 10.8 Å². The van der Waals surface area contributed by atoms with Gasteiger partial charge in [0.2, 0.25) is 5.60 Å². The lowest BCUT2D eigenvalue weighted by atomic mass is 9.77. The van der Waals surface area contributed by atoms with E-state index in [9.17, 15) is 19.5 Å². The molecule has 0 aliphatic carbocycles. The first-order valence-corrected chi connectivity index (χ1v) is 25.2. The summed E-state index contributed by atoms with van der Waals surface area (Å²) in [5, 5.41) is 23.3. The van der Waals surface area contributed by atoms with Crippen LogP contribution in [0.2, 0.25) is 0 Å². The van der Waals surface area contributed by atoms with Crippen LogP contribution in [0.4, 0.5) is 9.93 Å². The summed E-state index contributed by atoms with van der Waals surface area (Å²) < 4.78 is 5.52. The molecule has 356 valence electrons. The highest BCUT2D eigenvalue weighted by Gasteiger charge is 2.55. The molecule has 3 aliphatic rings. The monoisotopic (exact) mass is 980 g/mol. The van der Waals surface area contributed by atoms with Gasteiger partial charge in [-0.2, -0.15) is 0 Å². The number of carboxylic acids is 1. The highest BCUT2D eigenvalue weighted by atomic mass is 32.2. The number of likely N-dealkylation sites (tertiary alicyclic amines) is 1. The summed E-state index contributed by atoms with van der Waals surface area (Å²) in [4.78, 5) is 69.4. The lowest BCUT2D eigenvalue weighted by Gasteiger charge is -2.49. The Labute approximate surface area is 418 Å². The number of carbonyl (C=O) groups excluding carboxylic acids is 3. The van der Waals surface area contributed by atoms with Crippen LogP contribution in [-0.2, 0) is 35.1 Å². The maximum Gasteiger partial charge on any atom is 0.410 e. The fourth-order valence-corrected chi connectivity index (χ4v) is 11.6. The minimum atomic E-state index is -1.38. The van der Waals surface area contributed by atoms with Crippen LogP contribution in [0.15, 0.2) is 204 Å². The number of carboxylic acid groups (broad SMARTS) is 1. The minimum absolute atomic E-state index is 0.153. The lowest BCUT2D eigenvalue weighted by molar-refractivity contribution is -0.150. The Morgan fingerprint density at radius 3 is 1.62 bits per heavy atom. The number of thioether (sulfide) groups is 1. The largest absolute Gasteiger partial charge is 0.477 e. The fourth-order valence-electron chi connectivity index (χ4n) is 9.52. The van der Waals surface area contributed by atoms with Crippen molar-refractivity contribution in [1.29, 1.82) is 0 Å². The van der Waals surface area contributed by atoms with Gasteiger partial charge < -0.3 is 30.2 Å². The van der Waals surface area contributed by atoms with E-state index in [1.54, 1.807) is 10.3 Å². The second kappa shape index (κ2) is 20.5. The number of nitrogens with one attached hydrogen (secondary N) is 2. The van der Waals surface area contributed by atoms with Crippen LogP contribution in [0.25, 0.3) is 0 Å². The number of thiazole rings is 1. The van der Waals surface area contributed by atoms with Gasteiger partial charge in [-0.05, 0) is 29.5 Å². The normalized spacial score (nSPS) is 17.0. The molecule has 15 heteroatoms. The van der Waals surface area contributed by atoms with Crippen LogP contribution in [0, 0.1) is 0 Å². The van der Waals surface area contributed by atoms with Crippen molar-refractivity contribution in [2.24, 2.45) is 5.16 Å². The summed E-state index contributed by atoms with van der Waals surface area (Å²) in [6, 6.07) is 57.9. The number of ether oxygens (including phenoxy) is 1. The van der Waals surface area contributed by atoms with Crippen LogP contribution in [-0.4, -0.2) is 86.3 Å². The Morgan fingerprint density at radius 2 is 1.15 bits per heavy atom. The first kappa shape index (κ1) is 46.7. The maximum absolute atomic E-state index is 15.1. The molecule has 2 saturated heterocycles. The molecule has 6 aromatic carbocycles. The zero-order valence-electron chi connectivity index (χ0n) is 38.3. The molecule has 3 amide bonds. The van der Waals surface area contributed by atoms with Gasteiger partial charge in [-0.25, -0.2) is 14.6 Å². The van der Waals surface area contributed by atoms with Gasteiger partial charge in [0.05, 0.1) is 0 Å². The second-order valence-corrected chi connectivity index (χ2v) is 19.2. The van der Waals surface area contributed by atoms with E-state index in [0.29, 0.717) is 23.8 Å². The number of β-lactam (4-membered cyclic amide) rings is 1. The Kier molecular flexibility index (Phi) is 13.5. The number of nitrogens with zero attached hydrogens (tertiary/aromatic N) is 4. The van der Waals surface area contributed by atoms with Crippen LogP contribution in [0.3, 0.4) is 0 Å². The van der Waals surface area contributed by atoms with Gasteiger partial charge in [0.25, 0.3) is 11.8 Å². The molecular formula is C56H48N6O7S2. The number of anilines is 1. The molecule has 10 rings (SSSR count). The van der Waals surface area contributed by atoms with Crippen LogP contribution in [0.1, 0.15) is 51.9 Å². The molecule has 0 saturated carbocycles. The third-order valence-electron chi connectivity index (χ3n) is 13.0. The Hall–Kier alpha value is -8.01. The van der Waals surface area contributed by atoms with Crippen molar-refractivity contribution in [3.05, 3.63) is 238 Å². The van der Waals surface area contributed by atoms with Gasteiger partial charge >= 0.3 is 12.1 Å². The lowest BCUT2D eigenvalue weighted by Crippen LogP contribution is -2.71. The molecule has 2 fully saturated rings. The molecule has 71 heavy (non-hydrogen) atoms. The molecule has 0 bridgehead atoms. The average Bonchev–Trinajstić information content (AvgIpc) is 4.15. The number of amides is 3. The topological polar surface area (TPSA) is 163 Å². The summed E-state index contributed by atoms with van der Waals surface area (Å²) in [6.45, 7) is 0.865. The first-order chi connectivity index (χ1) is 34.8. The van der Waals surface area contributed by atoms with E-state index in [1.807, 2.05) is 146 Å². The van der Waals surface area contributed by atoms with E-state index in [4.69, 9.17) is 19.7 Å². The summed E-state index contributed by atoms with van der Waals surface area (Å²) >= 11 is 2.55. The summed E-state index contributed by atoms with van der Waals surface area (Å²) in [6.07, 6.45) is 1.22. The molecule has 3 N–H and O–H groups in total. The van der Waals surface area contributed by atoms with E-state index in [1.165, 1.54) is 23.1 Å². The standard InChI is InChI=1S/C56H48N6O7S2/c63-49(58-47-50(64)62-48(52(65)66)38(36-70-51(47)62)35-68-54(67)61-33-19-20-34-61)46(60-69-56(42-27-13-4-14-28-42,43-29-15-5-16-30-43)44-31-17-6-18-32-44)45-37-71-53(57-45)59-55(39-21-7-1-8-22-39,40-23-9-2-10-24-40)41-25-11-3-12-26-41/h1-18,21-32,37,47,51H,19-20,33-36H2,(H,57,59)(H,58,63)(H,65,66)/b60-46-/t47?,51-/m1/s1. The Morgan fingerprint density at radius 1 is 0.690 bits per heavy atom. The highest BCUT2D eigenvalue weighted by molar-refractivity contribution is 8.00.